The number of hydrogen-bond donors (Lipinski definition) is 3. The SMILES string of the molecule is O=C(c1ccc(Nc2nc(NCC3CCCC3)c3c(C(F)(F)F)c[nH]c3n2)c2c1CCO2)N1CCCCC1. The summed E-state index contributed by atoms with van der Waals surface area (Å²) in [5.41, 5.74) is 1.36. The van der Waals surface area contributed by atoms with Crippen molar-refractivity contribution in [3.63, 3.8) is 0 Å². The molecule has 0 radical (unpaired) electrons. The van der Waals surface area contributed by atoms with Crippen molar-refractivity contribution in [1.82, 2.24) is 19.9 Å². The molecule has 202 valence electrons. The Hall–Kier alpha value is -3.50. The standard InChI is InChI=1S/C27H31F3N6O2/c28-27(29,30)19-15-32-24-21(19)23(31-14-16-6-2-3-7-16)34-26(35-24)33-20-9-8-18(17-10-13-38-22(17)20)25(37)36-11-4-1-5-12-36/h8-9,15-16H,1-7,10-14H2,(H3,31,32,33,34,35). The highest BCUT2D eigenvalue weighted by Crippen LogP contribution is 2.40. The Labute approximate surface area is 218 Å². The molecule has 4 heterocycles. The van der Waals surface area contributed by atoms with Crippen LogP contribution in [0.15, 0.2) is 18.3 Å². The Balaban J connectivity index is 1.32. The molecule has 2 aliphatic heterocycles. The summed E-state index contributed by atoms with van der Waals surface area (Å²) in [4.78, 5) is 26.6. The number of benzene rings is 1. The van der Waals surface area contributed by atoms with Crippen LogP contribution in [0, 0.1) is 5.92 Å². The minimum Gasteiger partial charge on any atom is -0.491 e. The van der Waals surface area contributed by atoms with E-state index >= 15 is 0 Å². The number of carbonyl (C=O) groups is 1. The van der Waals surface area contributed by atoms with Crippen LogP contribution in [-0.4, -0.2) is 52.0 Å². The summed E-state index contributed by atoms with van der Waals surface area (Å²) in [7, 11) is 0. The number of aromatic nitrogens is 3. The van der Waals surface area contributed by atoms with Gasteiger partial charge in [-0.25, -0.2) is 0 Å². The van der Waals surface area contributed by atoms with Crippen LogP contribution < -0.4 is 15.4 Å². The summed E-state index contributed by atoms with van der Waals surface area (Å²) in [6.07, 6.45) is 4.55. The fourth-order valence-corrected chi connectivity index (χ4v) is 5.88. The maximum Gasteiger partial charge on any atom is 0.418 e. The molecule has 1 aromatic carbocycles. The largest absolute Gasteiger partial charge is 0.491 e. The van der Waals surface area contributed by atoms with Crippen molar-refractivity contribution in [1.29, 1.82) is 0 Å². The van der Waals surface area contributed by atoms with Gasteiger partial charge < -0.3 is 25.3 Å². The van der Waals surface area contributed by atoms with Gasteiger partial charge in [0.1, 0.15) is 17.2 Å². The quantitative estimate of drug-likeness (QED) is 0.370. The van der Waals surface area contributed by atoms with E-state index in [0.29, 0.717) is 42.5 Å². The van der Waals surface area contributed by atoms with E-state index in [9.17, 15) is 18.0 Å². The molecule has 2 aromatic heterocycles. The molecule has 3 aromatic rings. The third kappa shape index (κ3) is 4.74. The van der Waals surface area contributed by atoms with Crippen LogP contribution >= 0.6 is 0 Å². The van der Waals surface area contributed by atoms with E-state index < -0.39 is 11.7 Å². The van der Waals surface area contributed by atoms with Crippen molar-refractivity contribution in [3.05, 3.63) is 35.0 Å². The highest BCUT2D eigenvalue weighted by Gasteiger charge is 2.36. The number of alkyl halides is 3. The first-order chi connectivity index (χ1) is 18.4. The average molecular weight is 529 g/mol. The molecule has 1 amide bonds. The number of halogens is 3. The molecule has 1 aliphatic carbocycles. The van der Waals surface area contributed by atoms with Crippen LogP contribution in [0.1, 0.15) is 66.4 Å². The summed E-state index contributed by atoms with van der Waals surface area (Å²) < 4.78 is 47.1. The Bertz CT molecular complexity index is 1340. The smallest absolute Gasteiger partial charge is 0.418 e. The number of hydrogen-bond acceptors (Lipinski definition) is 6. The third-order valence-corrected chi connectivity index (χ3v) is 7.85. The molecule has 1 saturated carbocycles. The summed E-state index contributed by atoms with van der Waals surface area (Å²) in [5, 5.41) is 6.25. The summed E-state index contributed by atoms with van der Waals surface area (Å²) in [6.45, 7) is 2.53. The number of nitrogens with one attached hydrogen (secondary N) is 3. The van der Waals surface area contributed by atoms with Gasteiger partial charge in [-0.2, -0.15) is 23.1 Å². The second kappa shape index (κ2) is 9.99. The van der Waals surface area contributed by atoms with Crippen LogP contribution in [0.3, 0.4) is 0 Å². The first-order valence-electron chi connectivity index (χ1n) is 13.4. The van der Waals surface area contributed by atoms with Crippen molar-refractivity contribution in [2.24, 2.45) is 5.92 Å². The zero-order valence-corrected chi connectivity index (χ0v) is 21.1. The number of piperidine rings is 1. The van der Waals surface area contributed by atoms with Gasteiger partial charge in [-0.1, -0.05) is 12.8 Å². The van der Waals surface area contributed by atoms with Gasteiger partial charge in [0, 0.05) is 43.4 Å². The number of aromatic amines is 1. The number of H-pyrrole nitrogens is 1. The number of anilines is 3. The van der Waals surface area contributed by atoms with E-state index in [0.717, 1.165) is 69.8 Å². The summed E-state index contributed by atoms with van der Waals surface area (Å²) in [6, 6.07) is 3.55. The van der Waals surface area contributed by atoms with Gasteiger partial charge in [0.15, 0.2) is 0 Å². The molecule has 0 spiro atoms. The van der Waals surface area contributed by atoms with E-state index in [-0.39, 0.29) is 28.7 Å². The van der Waals surface area contributed by atoms with Crippen molar-refractivity contribution < 1.29 is 22.7 Å². The molecular weight excluding hydrogens is 497 g/mol. The van der Waals surface area contributed by atoms with Crippen LogP contribution in [0.5, 0.6) is 5.75 Å². The van der Waals surface area contributed by atoms with Crippen molar-refractivity contribution >= 4 is 34.4 Å². The Morgan fingerprint density at radius 2 is 1.89 bits per heavy atom. The Morgan fingerprint density at radius 3 is 2.66 bits per heavy atom. The maximum absolute atomic E-state index is 13.7. The van der Waals surface area contributed by atoms with Gasteiger partial charge in [0.2, 0.25) is 5.95 Å². The molecule has 38 heavy (non-hydrogen) atoms. The Kier molecular flexibility index (Phi) is 6.53. The van der Waals surface area contributed by atoms with Gasteiger partial charge in [-0.3, -0.25) is 4.79 Å². The zero-order chi connectivity index (χ0) is 26.3. The maximum atomic E-state index is 13.7. The van der Waals surface area contributed by atoms with Crippen molar-refractivity contribution in [3.8, 4) is 5.75 Å². The fourth-order valence-electron chi connectivity index (χ4n) is 5.88. The van der Waals surface area contributed by atoms with Gasteiger partial charge in [0.25, 0.3) is 5.91 Å². The van der Waals surface area contributed by atoms with Gasteiger partial charge in [0.05, 0.1) is 23.2 Å². The topological polar surface area (TPSA) is 95.2 Å². The van der Waals surface area contributed by atoms with E-state index in [1.807, 2.05) is 4.90 Å². The minimum atomic E-state index is -4.54. The lowest BCUT2D eigenvalue weighted by Crippen LogP contribution is -2.36. The fraction of sp³-hybridized carbons (Fsp3) is 0.519. The predicted octanol–water partition coefficient (Wildman–Crippen LogP) is 5.88. The molecular formula is C27H31F3N6O2. The third-order valence-electron chi connectivity index (χ3n) is 7.85. The highest BCUT2D eigenvalue weighted by molar-refractivity contribution is 5.98. The normalized spacial score (nSPS) is 18.0. The van der Waals surface area contributed by atoms with E-state index in [1.54, 1.807) is 12.1 Å². The predicted molar refractivity (Wildman–Crippen MR) is 138 cm³/mol. The molecule has 0 unspecified atom stereocenters. The summed E-state index contributed by atoms with van der Waals surface area (Å²) in [5.74, 6) is 1.29. The van der Waals surface area contributed by atoms with Crippen LogP contribution in [-0.2, 0) is 12.6 Å². The number of rotatable bonds is 6. The lowest BCUT2D eigenvalue weighted by atomic mass is 10.0. The minimum absolute atomic E-state index is 0.0140. The van der Waals surface area contributed by atoms with E-state index in [4.69, 9.17) is 4.74 Å². The van der Waals surface area contributed by atoms with E-state index in [1.165, 1.54) is 0 Å². The number of fused-ring (bicyclic) bond motifs is 2. The number of ether oxygens (including phenoxy) is 1. The van der Waals surface area contributed by atoms with Crippen LogP contribution in [0.2, 0.25) is 0 Å². The number of likely N-dealkylation sites (tertiary alicyclic amines) is 1. The van der Waals surface area contributed by atoms with Gasteiger partial charge >= 0.3 is 6.18 Å². The molecule has 8 nitrogen and oxygen atoms in total. The molecule has 3 aliphatic rings. The molecule has 0 bridgehead atoms. The molecule has 6 rings (SSSR count). The van der Waals surface area contributed by atoms with E-state index in [2.05, 4.69) is 25.6 Å². The molecule has 11 heteroatoms. The van der Waals surface area contributed by atoms with Crippen molar-refractivity contribution in [2.45, 2.75) is 57.5 Å². The lowest BCUT2D eigenvalue weighted by Gasteiger charge is -2.27. The Morgan fingerprint density at radius 1 is 1.11 bits per heavy atom. The molecule has 1 saturated heterocycles. The second-order valence-corrected chi connectivity index (χ2v) is 10.4. The van der Waals surface area contributed by atoms with Crippen molar-refractivity contribution in [2.75, 3.05) is 36.9 Å². The number of nitrogens with zero attached hydrogens (tertiary/aromatic N) is 3. The second-order valence-electron chi connectivity index (χ2n) is 10.4. The first kappa shape index (κ1) is 24.8. The molecule has 2 fully saturated rings. The lowest BCUT2D eigenvalue weighted by molar-refractivity contribution is -0.136. The number of carbonyl (C=O) groups excluding carboxylic acids is 1. The average Bonchev–Trinajstić information content (AvgIpc) is 3.68. The highest BCUT2D eigenvalue weighted by atomic mass is 19.4. The zero-order valence-electron chi connectivity index (χ0n) is 21.1. The summed E-state index contributed by atoms with van der Waals surface area (Å²) >= 11 is 0. The molecule has 3 N–H and O–H groups in total. The number of amides is 1. The van der Waals surface area contributed by atoms with Gasteiger partial charge in [-0.15, -0.1) is 0 Å². The van der Waals surface area contributed by atoms with Crippen LogP contribution in [0.4, 0.5) is 30.6 Å². The molecule has 0 atom stereocenters. The van der Waals surface area contributed by atoms with Gasteiger partial charge in [-0.05, 0) is 50.2 Å². The first-order valence-corrected chi connectivity index (χ1v) is 13.4. The monoisotopic (exact) mass is 528 g/mol. The van der Waals surface area contributed by atoms with Crippen LogP contribution in [0.25, 0.3) is 11.0 Å².